The van der Waals surface area contributed by atoms with Crippen LogP contribution in [-0.2, 0) is 4.74 Å². The molecule has 10 heavy (non-hydrogen) atoms. The highest BCUT2D eigenvalue weighted by atomic mass is 16.5. The Bertz CT molecular complexity index is 95.8. The normalized spacial score (nSPS) is 27.3. The molecule has 1 fully saturated rings. The first kappa shape index (κ1) is 8.06. The fourth-order valence-corrected chi connectivity index (χ4v) is 1.49. The second kappa shape index (κ2) is 2.91. The Hall–Kier alpha value is -0.0400. The van der Waals surface area contributed by atoms with E-state index in [0.717, 1.165) is 6.61 Å². The molecule has 1 heterocycles. The lowest BCUT2D eigenvalue weighted by atomic mass is 9.88. The van der Waals surface area contributed by atoms with Crippen molar-refractivity contribution in [1.29, 1.82) is 0 Å². The Kier molecular flexibility index (Phi) is 2.35. The van der Waals surface area contributed by atoms with Gasteiger partial charge in [0.05, 0.1) is 6.10 Å². The molecule has 1 atom stereocenters. The average molecular weight is 142 g/mol. The van der Waals surface area contributed by atoms with E-state index in [-0.39, 0.29) is 0 Å². The zero-order valence-corrected chi connectivity index (χ0v) is 7.31. The van der Waals surface area contributed by atoms with Crippen molar-refractivity contribution in [3.63, 3.8) is 0 Å². The zero-order valence-electron chi connectivity index (χ0n) is 7.31. The Morgan fingerprint density at radius 2 is 2.10 bits per heavy atom. The maximum atomic E-state index is 5.53. The van der Waals surface area contributed by atoms with Crippen LogP contribution in [0.2, 0.25) is 0 Å². The van der Waals surface area contributed by atoms with Crippen LogP contribution in [0.4, 0.5) is 0 Å². The lowest BCUT2D eigenvalue weighted by molar-refractivity contribution is 0.0763. The highest BCUT2D eigenvalue weighted by Crippen LogP contribution is 2.27. The molecule has 1 rings (SSSR count). The lowest BCUT2D eigenvalue weighted by Crippen LogP contribution is -2.16. The van der Waals surface area contributed by atoms with Gasteiger partial charge in [-0.3, -0.25) is 0 Å². The van der Waals surface area contributed by atoms with Gasteiger partial charge < -0.3 is 4.74 Å². The van der Waals surface area contributed by atoms with E-state index in [1.54, 1.807) is 0 Å². The summed E-state index contributed by atoms with van der Waals surface area (Å²) in [4.78, 5) is 0. The third-order valence-corrected chi connectivity index (χ3v) is 1.86. The van der Waals surface area contributed by atoms with Gasteiger partial charge in [-0.05, 0) is 24.7 Å². The van der Waals surface area contributed by atoms with Crippen molar-refractivity contribution in [2.75, 3.05) is 6.61 Å². The summed E-state index contributed by atoms with van der Waals surface area (Å²) in [6.45, 7) is 7.80. The van der Waals surface area contributed by atoms with Crippen LogP contribution in [-0.4, -0.2) is 12.7 Å². The first-order valence-electron chi connectivity index (χ1n) is 4.19. The monoisotopic (exact) mass is 142 g/mol. The van der Waals surface area contributed by atoms with E-state index in [9.17, 15) is 0 Å². The topological polar surface area (TPSA) is 9.23 Å². The Morgan fingerprint density at radius 1 is 1.40 bits per heavy atom. The molecular formula is C9H18O. The summed E-state index contributed by atoms with van der Waals surface area (Å²) >= 11 is 0. The van der Waals surface area contributed by atoms with Crippen molar-refractivity contribution in [2.45, 2.75) is 46.1 Å². The van der Waals surface area contributed by atoms with Gasteiger partial charge in [0.2, 0.25) is 0 Å². The van der Waals surface area contributed by atoms with E-state index < -0.39 is 0 Å². The summed E-state index contributed by atoms with van der Waals surface area (Å²) in [6, 6.07) is 0. The molecule has 60 valence electrons. The van der Waals surface area contributed by atoms with Crippen LogP contribution in [0.1, 0.15) is 40.0 Å². The first-order valence-corrected chi connectivity index (χ1v) is 4.19. The average Bonchev–Trinajstić information content (AvgIpc) is 2.12. The van der Waals surface area contributed by atoms with Crippen molar-refractivity contribution >= 4 is 0 Å². The quantitative estimate of drug-likeness (QED) is 0.547. The molecule has 0 aromatic heterocycles. The van der Waals surface area contributed by atoms with Crippen LogP contribution in [0, 0.1) is 5.41 Å². The molecule has 0 N–H and O–H groups in total. The van der Waals surface area contributed by atoms with Gasteiger partial charge in [-0.1, -0.05) is 20.8 Å². The van der Waals surface area contributed by atoms with Crippen LogP contribution in [0.25, 0.3) is 0 Å². The maximum Gasteiger partial charge on any atom is 0.0581 e. The maximum absolute atomic E-state index is 5.53. The predicted molar refractivity (Wildman–Crippen MR) is 43.0 cm³/mol. The predicted octanol–water partition coefficient (Wildman–Crippen LogP) is 2.60. The molecule has 0 saturated carbocycles. The fraction of sp³-hybridized carbons (Fsp3) is 1.00. The molecule has 0 bridgehead atoms. The fourth-order valence-electron chi connectivity index (χ4n) is 1.49. The van der Waals surface area contributed by atoms with Crippen LogP contribution >= 0.6 is 0 Å². The number of hydrogen-bond donors (Lipinski definition) is 0. The second-order valence-corrected chi connectivity index (χ2v) is 4.40. The smallest absolute Gasteiger partial charge is 0.0581 e. The van der Waals surface area contributed by atoms with Crippen molar-refractivity contribution < 1.29 is 4.74 Å². The SMILES string of the molecule is CC(C)(C)CC1CCCO1. The standard InChI is InChI=1S/C9H18O/c1-9(2,3)7-8-5-4-6-10-8/h8H,4-7H2,1-3H3. The Labute approximate surface area is 63.8 Å². The molecule has 1 unspecified atom stereocenters. The molecule has 1 saturated heterocycles. The van der Waals surface area contributed by atoms with Crippen LogP contribution in [0.3, 0.4) is 0 Å². The molecule has 0 aromatic rings. The summed E-state index contributed by atoms with van der Waals surface area (Å²) in [7, 11) is 0. The molecule has 0 aliphatic carbocycles. The molecule has 0 amide bonds. The van der Waals surface area contributed by atoms with Gasteiger partial charge in [-0.25, -0.2) is 0 Å². The van der Waals surface area contributed by atoms with E-state index in [0.29, 0.717) is 11.5 Å². The minimum Gasteiger partial charge on any atom is -0.378 e. The van der Waals surface area contributed by atoms with E-state index >= 15 is 0 Å². The van der Waals surface area contributed by atoms with Gasteiger partial charge >= 0.3 is 0 Å². The Morgan fingerprint density at radius 3 is 2.50 bits per heavy atom. The van der Waals surface area contributed by atoms with Crippen LogP contribution < -0.4 is 0 Å². The summed E-state index contributed by atoms with van der Waals surface area (Å²) in [5, 5.41) is 0. The summed E-state index contributed by atoms with van der Waals surface area (Å²) in [6.07, 6.45) is 4.31. The molecular weight excluding hydrogens is 124 g/mol. The minimum absolute atomic E-state index is 0.439. The van der Waals surface area contributed by atoms with Crippen LogP contribution in [0.5, 0.6) is 0 Å². The van der Waals surface area contributed by atoms with Gasteiger partial charge in [0, 0.05) is 6.61 Å². The second-order valence-electron chi connectivity index (χ2n) is 4.40. The van der Waals surface area contributed by atoms with Crippen molar-refractivity contribution in [2.24, 2.45) is 5.41 Å². The van der Waals surface area contributed by atoms with Gasteiger partial charge in [0.1, 0.15) is 0 Å². The van der Waals surface area contributed by atoms with Crippen molar-refractivity contribution in [3.8, 4) is 0 Å². The lowest BCUT2D eigenvalue weighted by Gasteiger charge is -2.21. The zero-order chi connectivity index (χ0) is 7.61. The van der Waals surface area contributed by atoms with Gasteiger partial charge in [-0.2, -0.15) is 0 Å². The largest absolute Gasteiger partial charge is 0.378 e. The number of hydrogen-bond acceptors (Lipinski definition) is 1. The first-order chi connectivity index (χ1) is 4.58. The van der Waals surface area contributed by atoms with E-state index in [2.05, 4.69) is 20.8 Å². The van der Waals surface area contributed by atoms with E-state index in [4.69, 9.17) is 4.74 Å². The third kappa shape index (κ3) is 2.70. The minimum atomic E-state index is 0.439. The molecule has 0 radical (unpaired) electrons. The number of ether oxygens (including phenoxy) is 1. The molecule has 0 spiro atoms. The van der Waals surface area contributed by atoms with Gasteiger partial charge in [-0.15, -0.1) is 0 Å². The third-order valence-electron chi connectivity index (χ3n) is 1.86. The molecule has 0 aromatic carbocycles. The van der Waals surface area contributed by atoms with Gasteiger partial charge in [0.25, 0.3) is 0 Å². The highest BCUT2D eigenvalue weighted by Gasteiger charge is 2.21. The Balaban J connectivity index is 2.24. The van der Waals surface area contributed by atoms with Crippen molar-refractivity contribution in [3.05, 3.63) is 0 Å². The molecule has 1 aliphatic heterocycles. The summed E-state index contributed by atoms with van der Waals surface area (Å²) in [5.41, 5.74) is 0.439. The molecule has 1 heteroatoms. The number of rotatable bonds is 1. The van der Waals surface area contributed by atoms with Gasteiger partial charge in [0.15, 0.2) is 0 Å². The summed E-state index contributed by atoms with van der Waals surface area (Å²) < 4.78 is 5.53. The molecule has 1 nitrogen and oxygen atoms in total. The van der Waals surface area contributed by atoms with E-state index in [1.807, 2.05) is 0 Å². The highest BCUT2D eigenvalue weighted by molar-refractivity contribution is 4.72. The molecule has 1 aliphatic rings. The van der Waals surface area contributed by atoms with Crippen molar-refractivity contribution in [1.82, 2.24) is 0 Å². The van der Waals surface area contributed by atoms with E-state index in [1.165, 1.54) is 19.3 Å². The van der Waals surface area contributed by atoms with Crippen LogP contribution in [0.15, 0.2) is 0 Å². The summed E-state index contributed by atoms with van der Waals surface area (Å²) in [5.74, 6) is 0.